The highest BCUT2D eigenvalue weighted by atomic mass is 35.5. The summed E-state index contributed by atoms with van der Waals surface area (Å²) in [5.74, 6) is 0. The molecule has 13 heavy (non-hydrogen) atoms. The van der Waals surface area contributed by atoms with E-state index in [2.05, 4.69) is 4.98 Å². The first-order valence-electron chi connectivity index (χ1n) is 3.98. The van der Waals surface area contributed by atoms with Gasteiger partial charge < -0.3 is 16.5 Å². The van der Waals surface area contributed by atoms with Gasteiger partial charge in [0.05, 0.1) is 5.02 Å². The average Bonchev–Trinajstić information content (AvgIpc) is 2.44. The summed E-state index contributed by atoms with van der Waals surface area (Å²) in [6.07, 6.45) is 0. The number of benzene rings is 1. The monoisotopic (exact) mass is 195 g/mol. The molecule has 0 radical (unpaired) electrons. The van der Waals surface area contributed by atoms with Gasteiger partial charge in [-0.15, -0.1) is 0 Å². The number of nitrogens with one attached hydrogen (secondary N) is 1. The molecule has 0 saturated carbocycles. The van der Waals surface area contributed by atoms with Gasteiger partial charge in [-0.3, -0.25) is 0 Å². The Balaban J connectivity index is 2.85. The minimum atomic E-state index is 0.396. The van der Waals surface area contributed by atoms with Crippen LogP contribution in [0.5, 0.6) is 0 Å². The Bertz CT molecular complexity index is 447. The highest BCUT2D eigenvalue weighted by Gasteiger charge is 2.09. The zero-order chi connectivity index (χ0) is 9.42. The molecule has 1 aromatic heterocycles. The van der Waals surface area contributed by atoms with Crippen LogP contribution in [0.4, 0.5) is 5.69 Å². The van der Waals surface area contributed by atoms with Crippen molar-refractivity contribution in [1.82, 2.24) is 4.98 Å². The predicted octanol–water partition coefficient (Wildman–Crippen LogP) is 1.86. The second-order valence-electron chi connectivity index (χ2n) is 2.89. The molecule has 0 aliphatic rings. The third-order valence-electron chi connectivity index (χ3n) is 2.07. The lowest BCUT2D eigenvalue weighted by atomic mass is 10.2. The van der Waals surface area contributed by atoms with Crippen molar-refractivity contribution in [3.8, 4) is 0 Å². The van der Waals surface area contributed by atoms with Gasteiger partial charge in [-0.25, -0.2) is 0 Å². The van der Waals surface area contributed by atoms with E-state index in [4.69, 9.17) is 23.1 Å². The molecule has 3 nitrogen and oxygen atoms in total. The van der Waals surface area contributed by atoms with E-state index in [9.17, 15) is 0 Å². The predicted molar refractivity (Wildman–Crippen MR) is 55.6 cm³/mol. The summed E-state index contributed by atoms with van der Waals surface area (Å²) in [5, 5.41) is 1.50. The standard InChI is InChI=1S/C9H10ClN3/c10-9-7(4-11)13-6-3-1-2-5(12)8(6)9/h1-3,13H,4,11-12H2. The number of aromatic nitrogens is 1. The number of H-pyrrole nitrogens is 1. The Morgan fingerprint density at radius 2 is 2.15 bits per heavy atom. The molecule has 0 amide bonds. The molecule has 4 heteroatoms. The number of halogens is 1. The lowest BCUT2D eigenvalue weighted by molar-refractivity contribution is 1.02. The number of hydrogen-bond donors (Lipinski definition) is 3. The van der Waals surface area contributed by atoms with Crippen molar-refractivity contribution in [3.05, 3.63) is 28.9 Å². The van der Waals surface area contributed by atoms with Crippen molar-refractivity contribution in [3.63, 3.8) is 0 Å². The zero-order valence-electron chi connectivity index (χ0n) is 6.97. The maximum Gasteiger partial charge on any atom is 0.0725 e. The Morgan fingerprint density at radius 3 is 2.77 bits per heavy atom. The number of aromatic amines is 1. The molecule has 0 fully saturated rings. The Hall–Kier alpha value is -1.19. The van der Waals surface area contributed by atoms with E-state index in [0.29, 0.717) is 17.3 Å². The summed E-state index contributed by atoms with van der Waals surface area (Å²) in [7, 11) is 0. The fourth-order valence-electron chi connectivity index (χ4n) is 1.43. The van der Waals surface area contributed by atoms with Crippen molar-refractivity contribution in [2.45, 2.75) is 6.54 Å². The molecule has 5 N–H and O–H groups in total. The molecule has 0 aliphatic heterocycles. The summed E-state index contributed by atoms with van der Waals surface area (Å²) in [6.45, 7) is 0.396. The molecule has 1 aromatic carbocycles. The summed E-state index contributed by atoms with van der Waals surface area (Å²) in [4.78, 5) is 3.12. The first-order chi connectivity index (χ1) is 6.24. The third kappa shape index (κ3) is 1.17. The maximum atomic E-state index is 6.07. The van der Waals surface area contributed by atoms with Gasteiger partial charge in [0.2, 0.25) is 0 Å². The molecule has 0 bridgehead atoms. The second kappa shape index (κ2) is 2.94. The quantitative estimate of drug-likeness (QED) is 0.608. The summed E-state index contributed by atoms with van der Waals surface area (Å²) >= 11 is 6.07. The number of hydrogen-bond acceptors (Lipinski definition) is 2. The van der Waals surface area contributed by atoms with Gasteiger partial charge in [-0.05, 0) is 12.1 Å². The normalized spacial score (nSPS) is 10.9. The molecule has 2 rings (SSSR count). The Morgan fingerprint density at radius 1 is 1.38 bits per heavy atom. The van der Waals surface area contributed by atoms with Crippen LogP contribution in [0.25, 0.3) is 10.9 Å². The van der Waals surface area contributed by atoms with Gasteiger partial charge in [0, 0.05) is 28.8 Å². The topological polar surface area (TPSA) is 67.8 Å². The summed E-state index contributed by atoms with van der Waals surface area (Å²) in [5.41, 5.74) is 13.7. The zero-order valence-corrected chi connectivity index (χ0v) is 7.73. The van der Waals surface area contributed by atoms with E-state index in [0.717, 1.165) is 16.6 Å². The van der Waals surface area contributed by atoms with Crippen molar-refractivity contribution in [1.29, 1.82) is 0 Å². The highest BCUT2D eigenvalue weighted by Crippen LogP contribution is 2.31. The molecular weight excluding hydrogens is 186 g/mol. The van der Waals surface area contributed by atoms with E-state index in [1.807, 2.05) is 18.2 Å². The van der Waals surface area contributed by atoms with Crippen LogP contribution >= 0.6 is 11.6 Å². The molecule has 0 aliphatic carbocycles. The minimum Gasteiger partial charge on any atom is -0.398 e. The van der Waals surface area contributed by atoms with Gasteiger partial charge in [0.1, 0.15) is 0 Å². The summed E-state index contributed by atoms with van der Waals surface area (Å²) in [6, 6.07) is 5.63. The fraction of sp³-hybridized carbons (Fsp3) is 0.111. The molecular formula is C9H10ClN3. The van der Waals surface area contributed by atoms with Gasteiger partial charge >= 0.3 is 0 Å². The van der Waals surface area contributed by atoms with Gasteiger partial charge in [0.25, 0.3) is 0 Å². The SMILES string of the molecule is NCc1[nH]c2cccc(N)c2c1Cl. The second-order valence-corrected chi connectivity index (χ2v) is 3.27. The van der Waals surface area contributed by atoms with Crippen LogP contribution in [0.2, 0.25) is 5.02 Å². The van der Waals surface area contributed by atoms with Gasteiger partial charge in [-0.1, -0.05) is 17.7 Å². The molecule has 1 heterocycles. The number of nitrogens with two attached hydrogens (primary N) is 2. The van der Waals surface area contributed by atoms with E-state index in [1.54, 1.807) is 0 Å². The number of nitrogen functional groups attached to an aromatic ring is 1. The lowest BCUT2D eigenvalue weighted by Gasteiger charge is -1.95. The maximum absolute atomic E-state index is 6.07. The number of rotatable bonds is 1. The van der Waals surface area contributed by atoms with Crippen molar-refractivity contribution < 1.29 is 0 Å². The molecule has 2 aromatic rings. The van der Waals surface area contributed by atoms with Crippen LogP contribution in [0.15, 0.2) is 18.2 Å². The molecule has 0 saturated heterocycles. The van der Waals surface area contributed by atoms with E-state index < -0.39 is 0 Å². The Labute approximate surface area is 80.7 Å². The lowest BCUT2D eigenvalue weighted by Crippen LogP contribution is -1.96. The molecule has 0 spiro atoms. The Kier molecular flexibility index (Phi) is 1.90. The van der Waals surface area contributed by atoms with Crippen molar-refractivity contribution in [2.75, 3.05) is 5.73 Å². The molecule has 68 valence electrons. The average molecular weight is 196 g/mol. The largest absolute Gasteiger partial charge is 0.398 e. The third-order valence-corrected chi connectivity index (χ3v) is 2.49. The van der Waals surface area contributed by atoms with Crippen molar-refractivity contribution >= 4 is 28.2 Å². The van der Waals surface area contributed by atoms with Crippen LogP contribution in [-0.2, 0) is 6.54 Å². The van der Waals surface area contributed by atoms with Crippen LogP contribution in [0, 0.1) is 0 Å². The van der Waals surface area contributed by atoms with E-state index >= 15 is 0 Å². The van der Waals surface area contributed by atoms with Crippen LogP contribution < -0.4 is 11.5 Å². The highest BCUT2D eigenvalue weighted by molar-refractivity contribution is 6.37. The van der Waals surface area contributed by atoms with Gasteiger partial charge in [-0.2, -0.15) is 0 Å². The minimum absolute atomic E-state index is 0.396. The number of anilines is 1. The first-order valence-corrected chi connectivity index (χ1v) is 4.36. The summed E-state index contributed by atoms with van der Waals surface area (Å²) < 4.78 is 0. The van der Waals surface area contributed by atoms with Crippen molar-refractivity contribution in [2.24, 2.45) is 5.73 Å². The first kappa shape index (κ1) is 8.41. The van der Waals surface area contributed by atoms with E-state index in [1.165, 1.54) is 0 Å². The van der Waals surface area contributed by atoms with E-state index in [-0.39, 0.29) is 0 Å². The molecule has 0 unspecified atom stereocenters. The van der Waals surface area contributed by atoms with Crippen LogP contribution in [0.1, 0.15) is 5.69 Å². The molecule has 0 atom stereocenters. The van der Waals surface area contributed by atoms with Crippen LogP contribution in [0.3, 0.4) is 0 Å². The van der Waals surface area contributed by atoms with Gasteiger partial charge in [0.15, 0.2) is 0 Å². The van der Waals surface area contributed by atoms with Crippen LogP contribution in [-0.4, -0.2) is 4.98 Å². The smallest absolute Gasteiger partial charge is 0.0725 e. The number of fused-ring (bicyclic) bond motifs is 1. The fourth-order valence-corrected chi connectivity index (χ4v) is 1.76.